The number of aliphatic carboxylic acids is 1. The number of carboxylic acid groups (broad SMARTS) is 1. The normalized spacial score (nSPS) is 20.9. The van der Waals surface area contributed by atoms with Gasteiger partial charge in [0.15, 0.2) is 5.78 Å². The zero-order chi connectivity index (χ0) is 14.9. The molecule has 5 nitrogen and oxygen atoms in total. The first-order valence-corrected chi connectivity index (χ1v) is 6.36. The molecule has 1 fully saturated rings. The minimum atomic E-state index is -0.936. The third-order valence-corrected chi connectivity index (χ3v) is 3.54. The summed E-state index contributed by atoms with van der Waals surface area (Å²) >= 11 is 6.07. The van der Waals surface area contributed by atoms with E-state index in [1.807, 2.05) is 0 Å². The summed E-state index contributed by atoms with van der Waals surface area (Å²) < 4.78 is 0. The molecule has 104 valence electrons. The van der Waals surface area contributed by atoms with E-state index >= 15 is 0 Å². The minimum absolute atomic E-state index is 0.208. The van der Waals surface area contributed by atoms with Gasteiger partial charge in [-0.15, -0.1) is 0 Å². The summed E-state index contributed by atoms with van der Waals surface area (Å²) in [5.74, 6) is -2.19. The van der Waals surface area contributed by atoms with Gasteiger partial charge in [0.05, 0.1) is 16.6 Å². The molecule has 1 N–H and O–H groups in total. The lowest BCUT2D eigenvalue weighted by Gasteiger charge is -2.07. The maximum atomic E-state index is 12.2. The largest absolute Gasteiger partial charge is 0.481 e. The lowest BCUT2D eigenvalue weighted by molar-refractivity contribution is -0.138. The minimum Gasteiger partial charge on any atom is -0.481 e. The second kappa shape index (κ2) is 5.54. The van der Waals surface area contributed by atoms with E-state index in [4.69, 9.17) is 16.7 Å². The number of hydrogen-bond donors (Lipinski definition) is 1. The third-order valence-electron chi connectivity index (χ3n) is 3.25. The molecule has 1 aromatic carbocycles. The summed E-state index contributed by atoms with van der Waals surface area (Å²) in [6, 6.07) is 3.11. The van der Waals surface area contributed by atoms with Crippen LogP contribution in [0.2, 0.25) is 5.02 Å². The van der Waals surface area contributed by atoms with Gasteiger partial charge in [-0.05, 0) is 25.3 Å². The number of aliphatic imine (C=N–C) groups is 2. The lowest BCUT2D eigenvalue weighted by Crippen LogP contribution is -2.08. The number of ketones is 1. The van der Waals surface area contributed by atoms with E-state index in [-0.39, 0.29) is 5.78 Å². The number of carbonyl (C=O) groups is 2. The number of hydrogen-bond acceptors (Lipinski definition) is 4. The van der Waals surface area contributed by atoms with E-state index in [2.05, 4.69) is 16.7 Å². The van der Waals surface area contributed by atoms with Crippen molar-refractivity contribution in [3.8, 4) is 0 Å². The van der Waals surface area contributed by atoms with Gasteiger partial charge in [0, 0.05) is 30.3 Å². The van der Waals surface area contributed by atoms with E-state index in [1.165, 1.54) is 12.3 Å². The summed E-state index contributed by atoms with van der Waals surface area (Å²) in [7, 11) is 1.59. The standard InChI is InChI=1S/C14H13ClN2O3/c1-16-6-8-3-7(4-11(15)12(8)17-2)13(18)9-5-10(9)14(19)20/h3-4,6,9-10H,2,5H2,1H3,(H,19,20)/b16-6-/t9-,10+/m0/s1. The highest BCUT2D eigenvalue weighted by Gasteiger charge is 2.48. The molecule has 1 aliphatic carbocycles. The van der Waals surface area contributed by atoms with Gasteiger partial charge in [0.25, 0.3) is 0 Å². The second-order valence-electron chi connectivity index (χ2n) is 4.59. The van der Waals surface area contributed by atoms with Crippen LogP contribution in [-0.2, 0) is 4.79 Å². The van der Waals surface area contributed by atoms with Crippen molar-refractivity contribution in [2.75, 3.05) is 7.05 Å². The van der Waals surface area contributed by atoms with Gasteiger partial charge >= 0.3 is 5.97 Å². The molecule has 0 aliphatic heterocycles. The summed E-state index contributed by atoms with van der Waals surface area (Å²) in [5.41, 5.74) is 1.43. The highest BCUT2D eigenvalue weighted by molar-refractivity contribution is 6.34. The van der Waals surface area contributed by atoms with Crippen molar-refractivity contribution in [3.63, 3.8) is 0 Å². The Morgan fingerprint density at radius 1 is 1.45 bits per heavy atom. The molecule has 1 aliphatic rings. The van der Waals surface area contributed by atoms with E-state index in [1.54, 1.807) is 13.1 Å². The molecule has 0 radical (unpaired) electrons. The number of benzene rings is 1. The third kappa shape index (κ3) is 2.63. The maximum Gasteiger partial charge on any atom is 0.307 e. The fraction of sp³-hybridized carbons (Fsp3) is 0.286. The van der Waals surface area contributed by atoms with Crippen LogP contribution in [0.15, 0.2) is 22.1 Å². The second-order valence-corrected chi connectivity index (χ2v) is 5.00. The molecular formula is C14H13ClN2O3. The van der Waals surface area contributed by atoms with Crippen LogP contribution in [-0.4, -0.2) is 36.8 Å². The van der Waals surface area contributed by atoms with Crippen LogP contribution in [0.5, 0.6) is 0 Å². The first kappa shape index (κ1) is 14.4. The first-order valence-electron chi connectivity index (χ1n) is 5.99. The molecule has 1 aromatic rings. The van der Waals surface area contributed by atoms with Crippen molar-refractivity contribution < 1.29 is 14.7 Å². The van der Waals surface area contributed by atoms with Gasteiger partial charge < -0.3 is 5.11 Å². The molecule has 2 rings (SSSR count). The molecule has 0 aromatic heterocycles. The van der Waals surface area contributed by atoms with E-state index in [9.17, 15) is 9.59 Å². The monoisotopic (exact) mass is 292 g/mol. The highest BCUT2D eigenvalue weighted by Crippen LogP contribution is 2.42. The maximum absolute atomic E-state index is 12.2. The molecule has 6 heteroatoms. The molecule has 0 saturated heterocycles. The molecular weight excluding hydrogens is 280 g/mol. The lowest BCUT2D eigenvalue weighted by atomic mass is 10.0. The van der Waals surface area contributed by atoms with Crippen LogP contribution in [0.4, 0.5) is 5.69 Å². The number of carbonyl (C=O) groups excluding carboxylic acids is 1. The topological polar surface area (TPSA) is 79.1 Å². The average Bonchev–Trinajstić information content (AvgIpc) is 3.18. The Kier molecular flexibility index (Phi) is 3.99. The summed E-state index contributed by atoms with van der Waals surface area (Å²) in [4.78, 5) is 30.7. The van der Waals surface area contributed by atoms with Gasteiger partial charge in [0.1, 0.15) is 0 Å². The average molecular weight is 293 g/mol. The Morgan fingerprint density at radius 2 is 2.15 bits per heavy atom. The van der Waals surface area contributed by atoms with Crippen LogP contribution < -0.4 is 0 Å². The molecule has 0 heterocycles. The molecule has 0 unspecified atom stereocenters. The number of nitrogens with zero attached hydrogens (tertiary/aromatic N) is 2. The Labute approximate surface area is 121 Å². The summed E-state index contributed by atoms with van der Waals surface area (Å²) in [6.07, 6.45) is 1.92. The highest BCUT2D eigenvalue weighted by atomic mass is 35.5. The zero-order valence-corrected chi connectivity index (χ0v) is 11.6. The molecule has 1 saturated carbocycles. The predicted octanol–water partition coefficient (Wildman–Crippen LogP) is 2.62. The van der Waals surface area contributed by atoms with Crippen LogP contribution in [0.1, 0.15) is 22.3 Å². The van der Waals surface area contributed by atoms with Crippen molar-refractivity contribution in [2.45, 2.75) is 6.42 Å². The van der Waals surface area contributed by atoms with Crippen molar-refractivity contribution in [3.05, 3.63) is 28.3 Å². The Hall–Kier alpha value is -2.01. The number of halogens is 1. The van der Waals surface area contributed by atoms with Crippen LogP contribution in [0, 0.1) is 11.8 Å². The van der Waals surface area contributed by atoms with Gasteiger partial charge in [-0.3, -0.25) is 19.6 Å². The van der Waals surface area contributed by atoms with E-state index < -0.39 is 17.8 Å². The molecule has 0 spiro atoms. The molecule has 2 atom stereocenters. The van der Waals surface area contributed by atoms with E-state index in [0.29, 0.717) is 28.3 Å². The van der Waals surface area contributed by atoms with Gasteiger partial charge in [-0.25, -0.2) is 0 Å². The van der Waals surface area contributed by atoms with Crippen molar-refractivity contribution in [2.24, 2.45) is 21.8 Å². The van der Waals surface area contributed by atoms with Crippen LogP contribution in [0.3, 0.4) is 0 Å². The fourth-order valence-electron chi connectivity index (χ4n) is 2.14. The van der Waals surface area contributed by atoms with Crippen LogP contribution >= 0.6 is 11.6 Å². The van der Waals surface area contributed by atoms with Crippen LogP contribution in [0.25, 0.3) is 0 Å². The fourth-order valence-corrected chi connectivity index (χ4v) is 2.43. The SMILES string of the molecule is C=Nc1c(Cl)cc(C(=O)[C@H]2C[C@H]2C(=O)O)cc1/C=N\C. The zero-order valence-electron chi connectivity index (χ0n) is 10.8. The number of Topliss-reactive ketones (excluding diaryl/α,β-unsaturated/α-hetero) is 1. The number of carboxylic acids is 1. The molecule has 0 amide bonds. The predicted molar refractivity (Wildman–Crippen MR) is 77.7 cm³/mol. The molecule has 0 bridgehead atoms. The van der Waals surface area contributed by atoms with Crippen molar-refractivity contribution >= 4 is 42.0 Å². The van der Waals surface area contributed by atoms with Gasteiger partial charge in [-0.1, -0.05) is 11.6 Å². The Bertz CT molecular complexity index is 625. The summed E-state index contributed by atoms with van der Waals surface area (Å²) in [5, 5.41) is 9.17. The van der Waals surface area contributed by atoms with Crippen molar-refractivity contribution in [1.29, 1.82) is 0 Å². The van der Waals surface area contributed by atoms with Crippen molar-refractivity contribution in [1.82, 2.24) is 0 Å². The van der Waals surface area contributed by atoms with Gasteiger partial charge in [0.2, 0.25) is 0 Å². The Morgan fingerprint density at radius 3 is 2.65 bits per heavy atom. The quantitative estimate of drug-likeness (QED) is 0.669. The van der Waals surface area contributed by atoms with Gasteiger partial charge in [-0.2, -0.15) is 0 Å². The summed E-state index contributed by atoms with van der Waals surface area (Å²) in [6.45, 7) is 3.43. The Balaban J connectivity index is 2.36. The van der Waals surface area contributed by atoms with E-state index in [0.717, 1.165) is 0 Å². The first-order chi connectivity index (χ1) is 9.49. The smallest absolute Gasteiger partial charge is 0.307 e. The molecule has 20 heavy (non-hydrogen) atoms. The number of rotatable bonds is 5.